The summed E-state index contributed by atoms with van der Waals surface area (Å²) >= 11 is 0. The van der Waals surface area contributed by atoms with Gasteiger partial charge in [0.2, 0.25) is 5.88 Å². The molecule has 0 bridgehead atoms. The number of aromatic nitrogens is 2. The highest BCUT2D eigenvalue weighted by Gasteiger charge is 1.99. The van der Waals surface area contributed by atoms with Crippen molar-refractivity contribution in [3.8, 4) is 5.88 Å². The van der Waals surface area contributed by atoms with Crippen LogP contribution in [0.25, 0.3) is 0 Å². The summed E-state index contributed by atoms with van der Waals surface area (Å²) in [6, 6.07) is 0. The summed E-state index contributed by atoms with van der Waals surface area (Å²) in [6.07, 6.45) is 4.98. The molecular weight excluding hydrogens is 128 g/mol. The van der Waals surface area contributed by atoms with Crippen molar-refractivity contribution in [1.29, 1.82) is 0 Å². The maximum atomic E-state index is 4.93. The number of hydrogen-bond acceptors (Lipinski definition) is 3. The minimum Gasteiger partial charge on any atom is -0.480 e. The molecule has 1 aromatic rings. The van der Waals surface area contributed by atoms with Gasteiger partial charge in [0.1, 0.15) is 11.9 Å². The monoisotopic (exact) mass is 137 g/mol. The summed E-state index contributed by atoms with van der Waals surface area (Å²) in [7, 11) is 1.58. The molecule has 0 aromatic carbocycles. The first-order valence-corrected chi connectivity index (χ1v) is 3.14. The largest absolute Gasteiger partial charge is 0.480 e. The molecular formula is C7H9N2O. The number of methoxy groups -OCH3 is 1. The van der Waals surface area contributed by atoms with E-state index in [-0.39, 0.29) is 0 Å². The second-order valence-electron chi connectivity index (χ2n) is 1.81. The maximum Gasteiger partial charge on any atom is 0.235 e. The molecule has 0 spiro atoms. The quantitative estimate of drug-likeness (QED) is 0.606. The fraction of sp³-hybridized carbons (Fsp3) is 0.429. The highest BCUT2D eigenvalue weighted by molar-refractivity contribution is 5.15. The Morgan fingerprint density at radius 3 is 3.00 bits per heavy atom. The summed E-state index contributed by atoms with van der Waals surface area (Å²) in [6.45, 7) is 2.01. The van der Waals surface area contributed by atoms with Crippen molar-refractivity contribution >= 4 is 0 Å². The second-order valence-corrected chi connectivity index (χ2v) is 1.81. The highest BCUT2D eigenvalue weighted by atomic mass is 16.5. The molecule has 3 heteroatoms. The van der Waals surface area contributed by atoms with Crippen LogP contribution >= 0.6 is 0 Å². The Morgan fingerprint density at radius 1 is 1.70 bits per heavy atom. The smallest absolute Gasteiger partial charge is 0.235 e. The van der Waals surface area contributed by atoms with Gasteiger partial charge in [0.15, 0.2) is 0 Å². The Kier molecular flexibility index (Phi) is 2.20. The molecule has 0 saturated carbocycles. The minimum absolute atomic E-state index is 0.574. The van der Waals surface area contributed by atoms with E-state index in [4.69, 9.17) is 4.74 Å². The zero-order valence-corrected chi connectivity index (χ0v) is 6.09. The molecule has 1 heterocycles. The third kappa shape index (κ3) is 1.23. The molecule has 0 aliphatic heterocycles. The lowest BCUT2D eigenvalue weighted by atomic mass is 10.3. The molecule has 53 valence electrons. The third-order valence-corrected chi connectivity index (χ3v) is 1.22. The zero-order valence-electron chi connectivity index (χ0n) is 6.09. The Labute approximate surface area is 60.1 Å². The lowest BCUT2D eigenvalue weighted by molar-refractivity contribution is 0.389. The fourth-order valence-electron chi connectivity index (χ4n) is 0.720. The van der Waals surface area contributed by atoms with E-state index >= 15 is 0 Å². The Bertz CT molecular complexity index is 190. The van der Waals surface area contributed by atoms with E-state index in [2.05, 4.69) is 16.2 Å². The Hall–Kier alpha value is -1.12. The van der Waals surface area contributed by atoms with Gasteiger partial charge in [-0.1, -0.05) is 6.92 Å². The molecule has 3 nitrogen and oxygen atoms in total. The van der Waals surface area contributed by atoms with Gasteiger partial charge in [0.05, 0.1) is 13.3 Å². The van der Waals surface area contributed by atoms with Gasteiger partial charge in [-0.15, -0.1) is 0 Å². The molecule has 0 aliphatic carbocycles. The van der Waals surface area contributed by atoms with Crippen molar-refractivity contribution in [2.24, 2.45) is 0 Å². The summed E-state index contributed by atoms with van der Waals surface area (Å²) in [5.41, 5.74) is 0.876. The van der Waals surface area contributed by atoms with Gasteiger partial charge < -0.3 is 4.74 Å². The van der Waals surface area contributed by atoms with Crippen molar-refractivity contribution in [1.82, 2.24) is 9.97 Å². The number of aryl methyl sites for hydroxylation is 1. The average molecular weight is 137 g/mol. The predicted molar refractivity (Wildman–Crippen MR) is 36.8 cm³/mol. The molecule has 0 atom stereocenters. The predicted octanol–water partition coefficient (Wildman–Crippen LogP) is 0.848. The molecule has 0 fully saturated rings. The lowest BCUT2D eigenvalue weighted by Crippen LogP contribution is -1.95. The standard InChI is InChI=1S/C7H9N2O/c1-3-6-7(10-2)9-5-4-8-6/h4H,3H2,1-2H3. The lowest BCUT2D eigenvalue weighted by Gasteiger charge is -2.00. The van der Waals surface area contributed by atoms with E-state index in [1.54, 1.807) is 13.3 Å². The molecule has 0 unspecified atom stereocenters. The van der Waals surface area contributed by atoms with E-state index in [1.165, 1.54) is 0 Å². The average Bonchev–Trinajstić information content (AvgIpc) is 2.04. The van der Waals surface area contributed by atoms with Crippen LogP contribution in [0.4, 0.5) is 0 Å². The van der Waals surface area contributed by atoms with Gasteiger partial charge in [0, 0.05) is 0 Å². The molecule has 1 radical (unpaired) electrons. The third-order valence-electron chi connectivity index (χ3n) is 1.22. The van der Waals surface area contributed by atoms with Crippen molar-refractivity contribution < 1.29 is 4.74 Å². The first-order chi connectivity index (χ1) is 4.88. The number of ether oxygens (including phenoxy) is 1. The van der Waals surface area contributed by atoms with Gasteiger partial charge >= 0.3 is 0 Å². The van der Waals surface area contributed by atoms with Gasteiger partial charge in [-0.05, 0) is 6.42 Å². The minimum atomic E-state index is 0.574. The van der Waals surface area contributed by atoms with E-state index in [0.717, 1.165) is 12.1 Å². The zero-order chi connectivity index (χ0) is 7.40. The summed E-state index contributed by atoms with van der Waals surface area (Å²) in [4.78, 5) is 7.88. The normalized spacial score (nSPS) is 9.40. The molecule has 10 heavy (non-hydrogen) atoms. The first-order valence-electron chi connectivity index (χ1n) is 3.14. The molecule has 0 amide bonds. The van der Waals surface area contributed by atoms with E-state index in [0.29, 0.717) is 5.88 Å². The van der Waals surface area contributed by atoms with E-state index in [1.807, 2.05) is 6.92 Å². The highest BCUT2D eigenvalue weighted by Crippen LogP contribution is 2.09. The molecule has 1 rings (SSSR count). The van der Waals surface area contributed by atoms with Crippen LogP contribution in [-0.4, -0.2) is 17.1 Å². The van der Waals surface area contributed by atoms with Gasteiger partial charge in [-0.25, -0.2) is 4.98 Å². The van der Waals surface area contributed by atoms with E-state index < -0.39 is 0 Å². The van der Waals surface area contributed by atoms with Crippen LogP contribution in [0, 0.1) is 6.20 Å². The van der Waals surface area contributed by atoms with Gasteiger partial charge in [0.25, 0.3) is 0 Å². The van der Waals surface area contributed by atoms with Crippen LogP contribution in [0.3, 0.4) is 0 Å². The second kappa shape index (κ2) is 3.15. The molecule has 0 saturated heterocycles. The number of nitrogens with zero attached hydrogens (tertiary/aromatic N) is 2. The SMILES string of the molecule is CCc1nc[c]nc1OC. The van der Waals surface area contributed by atoms with Gasteiger partial charge in [-0.3, -0.25) is 4.98 Å². The van der Waals surface area contributed by atoms with Crippen LogP contribution in [0.1, 0.15) is 12.6 Å². The van der Waals surface area contributed by atoms with Crippen molar-refractivity contribution in [2.45, 2.75) is 13.3 Å². The molecule has 0 aliphatic rings. The first kappa shape index (κ1) is 6.99. The van der Waals surface area contributed by atoms with Crippen LogP contribution in [-0.2, 0) is 6.42 Å². The van der Waals surface area contributed by atoms with Crippen LogP contribution in [0.2, 0.25) is 0 Å². The summed E-state index contributed by atoms with van der Waals surface area (Å²) < 4.78 is 4.93. The van der Waals surface area contributed by atoms with Crippen molar-refractivity contribution in [3.63, 3.8) is 0 Å². The summed E-state index contributed by atoms with van der Waals surface area (Å²) in [5.74, 6) is 0.574. The Morgan fingerprint density at radius 2 is 2.50 bits per heavy atom. The maximum absolute atomic E-state index is 4.93. The van der Waals surface area contributed by atoms with E-state index in [9.17, 15) is 0 Å². The fourth-order valence-corrected chi connectivity index (χ4v) is 0.720. The van der Waals surface area contributed by atoms with Crippen LogP contribution in [0.15, 0.2) is 6.20 Å². The Balaban J connectivity index is 2.96. The van der Waals surface area contributed by atoms with Crippen LogP contribution < -0.4 is 4.74 Å². The number of hydrogen-bond donors (Lipinski definition) is 0. The van der Waals surface area contributed by atoms with Crippen molar-refractivity contribution in [2.75, 3.05) is 7.11 Å². The van der Waals surface area contributed by atoms with Crippen molar-refractivity contribution in [3.05, 3.63) is 18.1 Å². The topological polar surface area (TPSA) is 35.0 Å². The van der Waals surface area contributed by atoms with Crippen LogP contribution in [0.5, 0.6) is 5.88 Å². The summed E-state index contributed by atoms with van der Waals surface area (Å²) in [5, 5.41) is 0. The van der Waals surface area contributed by atoms with Gasteiger partial charge in [-0.2, -0.15) is 0 Å². The molecule has 1 aromatic heterocycles. The number of rotatable bonds is 2. The molecule has 0 N–H and O–H groups in total.